The minimum Gasteiger partial charge on any atom is -0.469 e. The van der Waals surface area contributed by atoms with Gasteiger partial charge in [0, 0.05) is 12.8 Å². The first kappa shape index (κ1) is 22.2. The van der Waals surface area contributed by atoms with Crippen molar-refractivity contribution >= 4 is 18.0 Å². The number of hydrogen-bond acceptors (Lipinski definition) is 7. The van der Waals surface area contributed by atoms with Crippen LogP contribution in [0.1, 0.15) is 48.0 Å². The molecule has 1 saturated heterocycles. The van der Waals surface area contributed by atoms with Crippen molar-refractivity contribution in [2.24, 2.45) is 11.8 Å². The molecule has 0 radical (unpaired) electrons. The third-order valence-electron chi connectivity index (χ3n) is 4.82. The predicted molar refractivity (Wildman–Crippen MR) is 100 cm³/mol. The summed E-state index contributed by atoms with van der Waals surface area (Å²) < 4.78 is 21.6. The molecule has 1 saturated carbocycles. The van der Waals surface area contributed by atoms with E-state index in [9.17, 15) is 14.4 Å². The van der Waals surface area contributed by atoms with Crippen molar-refractivity contribution in [1.29, 1.82) is 0 Å². The quantitative estimate of drug-likeness (QED) is 0.400. The maximum atomic E-state index is 12.8. The topological polar surface area (TPSA) is 91.4 Å². The van der Waals surface area contributed by atoms with Crippen molar-refractivity contribution in [2.75, 3.05) is 13.7 Å². The lowest BCUT2D eigenvalue weighted by Gasteiger charge is -2.45. The van der Waals surface area contributed by atoms with Gasteiger partial charge in [0.05, 0.1) is 25.2 Å². The molecule has 28 heavy (non-hydrogen) atoms. The van der Waals surface area contributed by atoms with Gasteiger partial charge in [-0.3, -0.25) is 14.5 Å². The summed E-state index contributed by atoms with van der Waals surface area (Å²) in [4.78, 5) is 37.6. The Morgan fingerprint density at radius 2 is 1.82 bits per heavy atom. The third-order valence-corrected chi connectivity index (χ3v) is 4.82. The minimum atomic E-state index is -0.987. The molecule has 1 heterocycles. The Morgan fingerprint density at radius 3 is 2.32 bits per heavy atom. The summed E-state index contributed by atoms with van der Waals surface area (Å²) in [7, 11) is 1.32. The Labute approximate surface area is 166 Å². The summed E-state index contributed by atoms with van der Waals surface area (Å²) in [6.45, 7) is 14.2. The second-order valence-electron chi connectivity index (χ2n) is 8.80. The van der Waals surface area contributed by atoms with Crippen LogP contribution in [0.25, 0.3) is 0 Å². The SMILES string of the molecule is C=C(COC(C)=O)C[C@@H]1OC(C)(C)N(C(=O)OC(C)(C)C)[C@@H]2[C@@H](C(=O)OC)[C@@H]21. The van der Waals surface area contributed by atoms with Gasteiger partial charge < -0.3 is 18.9 Å². The number of methoxy groups -OCH3 is 1. The fourth-order valence-corrected chi connectivity index (χ4v) is 3.78. The molecule has 0 bridgehead atoms. The van der Waals surface area contributed by atoms with Crippen LogP contribution in [0, 0.1) is 11.8 Å². The molecule has 1 aliphatic carbocycles. The molecule has 0 unspecified atom stereocenters. The van der Waals surface area contributed by atoms with Crippen LogP contribution in [-0.4, -0.2) is 60.1 Å². The largest absolute Gasteiger partial charge is 0.469 e. The molecule has 0 aromatic heterocycles. The maximum Gasteiger partial charge on any atom is 0.412 e. The summed E-state index contributed by atoms with van der Waals surface area (Å²) in [6, 6.07) is -0.377. The predicted octanol–water partition coefficient (Wildman–Crippen LogP) is 2.66. The molecule has 4 atom stereocenters. The maximum absolute atomic E-state index is 12.8. The normalized spacial score (nSPS) is 28.0. The van der Waals surface area contributed by atoms with E-state index in [0.29, 0.717) is 12.0 Å². The van der Waals surface area contributed by atoms with E-state index in [1.54, 1.807) is 34.6 Å². The molecule has 0 aromatic rings. The minimum absolute atomic E-state index is 0.0890. The van der Waals surface area contributed by atoms with Crippen LogP contribution < -0.4 is 0 Å². The highest BCUT2D eigenvalue weighted by Gasteiger charge is 2.69. The highest BCUT2D eigenvalue weighted by Crippen LogP contribution is 2.55. The number of rotatable bonds is 5. The Hall–Kier alpha value is -2.09. The molecule has 0 spiro atoms. The fraction of sp³-hybridized carbons (Fsp3) is 0.750. The van der Waals surface area contributed by atoms with Gasteiger partial charge >= 0.3 is 18.0 Å². The highest BCUT2D eigenvalue weighted by atomic mass is 16.6. The average molecular weight is 397 g/mol. The van der Waals surface area contributed by atoms with Gasteiger partial charge in [-0.2, -0.15) is 0 Å². The van der Waals surface area contributed by atoms with E-state index < -0.39 is 23.3 Å². The third kappa shape index (κ3) is 4.84. The van der Waals surface area contributed by atoms with E-state index >= 15 is 0 Å². The molecular formula is C20H31NO7. The van der Waals surface area contributed by atoms with Gasteiger partial charge in [-0.15, -0.1) is 0 Å². The summed E-state index contributed by atoms with van der Waals surface area (Å²) in [5.74, 6) is -1.51. The van der Waals surface area contributed by atoms with Gasteiger partial charge in [0.1, 0.15) is 17.9 Å². The summed E-state index contributed by atoms with van der Waals surface area (Å²) in [6.07, 6.45) is -0.477. The number of ether oxygens (including phenoxy) is 4. The zero-order valence-electron chi connectivity index (χ0n) is 17.7. The lowest BCUT2D eigenvalue weighted by molar-refractivity contribution is -0.192. The molecular weight excluding hydrogens is 366 g/mol. The van der Waals surface area contributed by atoms with Crippen LogP contribution in [0.2, 0.25) is 0 Å². The van der Waals surface area contributed by atoms with E-state index in [1.165, 1.54) is 18.9 Å². The molecule has 158 valence electrons. The number of fused-ring (bicyclic) bond motifs is 1. The number of carbonyl (C=O) groups excluding carboxylic acids is 3. The molecule has 2 aliphatic rings. The zero-order valence-corrected chi connectivity index (χ0v) is 17.7. The van der Waals surface area contributed by atoms with Crippen LogP contribution in [0.4, 0.5) is 4.79 Å². The van der Waals surface area contributed by atoms with Crippen LogP contribution in [0.15, 0.2) is 12.2 Å². The summed E-state index contributed by atoms with van der Waals surface area (Å²) in [5.41, 5.74) is -0.984. The second-order valence-corrected chi connectivity index (χ2v) is 8.80. The summed E-state index contributed by atoms with van der Waals surface area (Å²) in [5, 5.41) is 0. The first-order chi connectivity index (χ1) is 12.8. The lowest BCUT2D eigenvalue weighted by Crippen LogP contribution is -2.58. The van der Waals surface area contributed by atoms with Crippen LogP contribution >= 0.6 is 0 Å². The first-order valence-corrected chi connectivity index (χ1v) is 9.36. The molecule has 8 nitrogen and oxygen atoms in total. The molecule has 2 rings (SSSR count). The van der Waals surface area contributed by atoms with Gasteiger partial charge in [0.15, 0.2) is 0 Å². The van der Waals surface area contributed by atoms with E-state index in [4.69, 9.17) is 18.9 Å². The van der Waals surface area contributed by atoms with Gasteiger partial charge in [-0.1, -0.05) is 6.58 Å². The Morgan fingerprint density at radius 1 is 1.21 bits per heavy atom. The number of hydrogen-bond donors (Lipinski definition) is 0. The van der Waals surface area contributed by atoms with Crippen LogP contribution in [0.3, 0.4) is 0 Å². The van der Waals surface area contributed by atoms with Gasteiger partial charge in [0.25, 0.3) is 0 Å². The standard InChI is InChI=1S/C20H31NO7/c1-11(10-26-12(2)22)9-13-14-15(17(23)25-8)16(14)21(20(6,7)27-13)18(24)28-19(3,4)5/h13-16H,1,9-10H2,2-8H3/t13-,14-,15-,16-/m0/s1. The lowest BCUT2D eigenvalue weighted by atomic mass is 10.0. The Bertz CT molecular complexity index is 664. The van der Waals surface area contributed by atoms with E-state index in [2.05, 4.69) is 6.58 Å². The molecule has 0 N–H and O–H groups in total. The Balaban J connectivity index is 2.22. The van der Waals surface area contributed by atoms with Crippen molar-refractivity contribution in [1.82, 2.24) is 4.90 Å². The monoisotopic (exact) mass is 397 g/mol. The first-order valence-electron chi connectivity index (χ1n) is 9.36. The Kier molecular flexibility index (Phi) is 6.13. The van der Waals surface area contributed by atoms with Gasteiger partial charge in [-0.25, -0.2) is 4.79 Å². The van der Waals surface area contributed by atoms with Crippen LogP contribution in [-0.2, 0) is 28.5 Å². The number of esters is 2. The van der Waals surface area contributed by atoms with E-state index in [0.717, 1.165) is 0 Å². The van der Waals surface area contributed by atoms with Gasteiger partial charge in [-0.05, 0) is 46.6 Å². The second kappa shape index (κ2) is 7.73. The number of nitrogens with zero attached hydrogens (tertiary/aromatic N) is 1. The fourth-order valence-electron chi connectivity index (χ4n) is 3.78. The molecule has 1 aliphatic heterocycles. The zero-order chi connectivity index (χ0) is 21.4. The van der Waals surface area contributed by atoms with Crippen molar-refractivity contribution < 1.29 is 33.3 Å². The molecule has 0 aromatic carbocycles. The van der Waals surface area contributed by atoms with Gasteiger partial charge in [0.2, 0.25) is 0 Å². The molecule has 8 heteroatoms. The van der Waals surface area contributed by atoms with Crippen molar-refractivity contribution in [2.45, 2.75) is 71.4 Å². The highest BCUT2D eigenvalue weighted by molar-refractivity contribution is 5.80. The van der Waals surface area contributed by atoms with Crippen molar-refractivity contribution in [3.05, 3.63) is 12.2 Å². The van der Waals surface area contributed by atoms with E-state index in [-0.39, 0.29) is 36.6 Å². The molecule has 2 fully saturated rings. The number of carbonyl (C=O) groups is 3. The number of amides is 1. The van der Waals surface area contributed by atoms with E-state index in [1.807, 2.05) is 0 Å². The average Bonchev–Trinajstić information content (AvgIpc) is 3.24. The van der Waals surface area contributed by atoms with Crippen LogP contribution in [0.5, 0.6) is 0 Å². The summed E-state index contributed by atoms with van der Waals surface area (Å²) >= 11 is 0. The van der Waals surface area contributed by atoms with Crippen molar-refractivity contribution in [3.63, 3.8) is 0 Å². The molecule has 1 amide bonds. The smallest absolute Gasteiger partial charge is 0.412 e. The van der Waals surface area contributed by atoms with Crippen molar-refractivity contribution in [3.8, 4) is 0 Å².